The molecule has 1 heterocycles. The Bertz CT molecular complexity index is 403. The smallest absolute Gasteiger partial charge is 0.358 e. The minimum absolute atomic E-state index is 0.121. The van der Waals surface area contributed by atoms with E-state index >= 15 is 0 Å². The quantitative estimate of drug-likeness (QED) is 0.821. The molecule has 0 spiro atoms. The predicted octanol–water partition coefficient (Wildman–Crippen LogP) is 2.54. The molecule has 0 radical (unpaired) electrons. The lowest BCUT2D eigenvalue weighted by Crippen LogP contribution is -2.25. The first-order chi connectivity index (χ1) is 8.56. The SMILES string of the molecule is O=C(O)c1ncccc1OC(F)C(F)CCCF. The van der Waals surface area contributed by atoms with E-state index in [1.54, 1.807) is 0 Å². The molecular formula is C11H12F3NO3. The number of aromatic nitrogens is 1. The van der Waals surface area contributed by atoms with Gasteiger partial charge >= 0.3 is 5.97 Å². The number of hydrogen-bond acceptors (Lipinski definition) is 3. The number of ether oxygens (including phenoxy) is 1. The summed E-state index contributed by atoms with van der Waals surface area (Å²) in [6.45, 7) is -0.750. The molecule has 0 aliphatic heterocycles. The normalized spacial score (nSPS) is 13.9. The van der Waals surface area contributed by atoms with Crippen LogP contribution in [0.25, 0.3) is 0 Å². The molecule has 0 saturated carbocycles. The fourth-order valence-electron chi connectivity index (χ4n) is 1.24. The Hall–Kier alpha value is -1.79. The van der Waals surface area contributed by atoms with Crippen LogP contribution in [0.5, 0.6) is 5.75 Å². The van der Waals surface area contributed by atoms with Gasteiger partial charge in [-0.25, -0.2) is 14.2 Å². The molecule has 0 amide bonds. The molecule has 0 aromatic carbocycles. The summed E-state index contributed by atoms with van der Waals surface area (Å²) in [5.41, 5.74) is -0.502. The van der Waals surface area contributed by atoms with Crippen LogP contribution in [-0.2, 0) is 0 Å². The molecule has 7 heteroatoms. The summed E-state index contributed by atoms with van der Waals surface area (Å²) in [7, 11) is 0. The minimum atomic E-state index is -2.35. The van der Waals surface area contributed by atoms with Crippen molar-refractivity contribution in [3.05, 3.63) is 24.0 Å². The van der Waals surface area contributed by atoms with Crippen molar-refractivity contribution in [1.29, 1.82) is 0 Å². The third-order valence-electron chi connectivity index (χ3n) is 2.11. The zero-order valence-corrected chi connectivity index (χ0v) is 9.35. The maximum Gasteiger partial charge on any atom is 0.358 e. The summed E-state index contributed by atoms with van der Waals surface area (Å²) in [6, 6.07) is 2.51. The van der Waals surface area contributed by atoms with Gasteiger partial charge in [-0.2, -0.15) is 4.39 Å². The van der Waals surface area contributed by atoms with Crippen LogP contribution >= 0.6 is 0 Å². The Morgan fingerprint density at radius 3 is 2.83 bits per heavy atom. The van der Waals surface area contributed by atoms with Crippen LogP contribution in [0.4, 0.5) is 13.2 Å². The molecular weight excluding hydrogens is 251 g/mol. The standard InChI is InChI=1S/C11H12F3NO3/c12-5-1-3-7(13)10(14)18-8-4-2-6-15-9(8)11(16)17/h2,4,6-7,10H,1,3,5H2,(H,16,17). The number of carboxylic acids is 1. The van der Waals surface area contributed by atoms with E-state index in [9.17, 15) is 18.0 Å². The van der Waals surface area contributed by atoms with Gasteiger partial charge in [-0.3, -0.25) is 4.39 Å². The predicted molar refractivity (Wildman–Crippen MR) is 56.8 cm³/mol. The summed E-state index contributed by atoms with van der Waals surface area (Å²) in [5.74, 6) is -1.77. The summed E-state index contributed by atoms with van der Waals surface area (Å²) in [4.78, 5) is 14.2. The fourth-order valence-corrected chi connectivity index (χ4v) is 1.24. The number of halogens is 3. The molecule has 1 aromatic rings. The highest BCUT2D eigenvalue weighted by atomic mass is 19.2. The maximum atomic E-state index is 13.3. The van der Waals surface area contributed by atoms with E-state index in [1.807, 2.05) is 0 Å². The Labute approximate surface area is 101 Å². The van der Waals surface area contributed by atoms with Gasteiger partial charge < -0.3 is 9.84 Å². The number of alkyl halides is 3. The van der Waals surface area contributed by atoms with Crippen LogP contribution in [-0.4, -0.2) is 35.3 Å². The molecule has 0 fully saturated rings. The van der Waals surface area contributed by atoms with Gasteiger partial charge in [-0.05, 0) is 25.0 Å². The van der Waals surface area contributed by atoms with Crippen molar-refractivity contribution in [2.24, 2.45) is 0 Å². The Morgan fingerprint density at radius 1 is 1.50 bits per heavy atom. The number of pyridine rings is 1. The second-order valence-electron chi connectivity index (χ2n) is 3.47. The zero-order chi connectivity index (χ0) is 13.5. The highest BCUT2D eigenvalue weighted by molar-refractivity contribution is 5.88. The van der Waals surface area contributed by atoms with Gasteiger partial charge in [-0.15, -0.1) is 0 Å². The molecule has 1 N–H and O–H groups in total. The first kappa shape index (κ1) is 14.3. The first-order valence-electron chi connectivity index (χ1n) is 5.25. The average Bonchev–Trinajstić information content (AvgIpc) is 2.36. The van der Waals surface area contributed by atoms with Crippen molar-refractivity contribution in [1.82, 2.24) is 4.98 Å². The van der Waals surface area contributed by atoms with Crippen LogP contribution in [0.2, 0.25) is 0 Å². The van der Waals surface area contributed by atoms with Crippen molar-refractivity contribution >= 4 is 5.97 Å². The number of carboxylic acid groups (broad SMARTS) is 1. The Kier molecular flexibility index (Phi) is 5.41. The number of rotatable bonds is 7. The lowest BCUT2D eigenvalue weighted by Gasteiger charge is -2.15. The van der Waals surface area contributed by atoms with Crippen molar-refractivity contribution in [2.75, 3.05) is 6.67 Å². The van der Waals surface area contributed by atoms with Crippen LogP contribution in [0.15, 0.2) is 18.3 Å². The molecule has 2 unspecified atom stereocenters. The van der Waals surface area contributed by atoms with Crippen molar-refractivity contribution in [3.8, 4) is 5.75 Å². The molecule has 0 aliphatic rings. The Balaban J connectivity index is 2.69. The molecule has 100 valence electrons. The lowest BCUT2D eigenvalue weighted by atomic mass is 10.2. The summed E-state index contributed by atoms with van der Waals surface area (Å²) >= 11 is 0. The second-order valence-corrected chi connectivity index (χ2v) is 3.47. The third-order valence-corrected chi connectivity index (χ3v) is 2.11. The van der Waals surface area contributed by atoms with Crippen molar-refractivity contribution in [2.45, 2.75) is 25.4 Å². The van der Waals surface area contributed by atoms with E-state index in [0.717, 1.165) is 0 Å². The van der Waals surface area contributed by atoms with E-state index in [2.05, 4.69) is 9.72 Å². The highest BCUT2D eigenvalue weighted by Crippen LogP contribution is 2.21. The molecule has 1 aromatic heterocycles. The number of nitrogens with zero attached hydrogens (tertiary/aromatic N) is 1. The molecule has 0 bridgehead atoms. The van der Waals surface area contributed by atoms with E-state index in [0.29, 0.717) is 0 Å². The molecule has 0 aliphatic carbocycles. The molecule has 4 nitrogen and oxygen atoms in total. The first-order valence-corrected chi connectivity index (χ1v) is 5.25. The molecule has 2 atom stereocenters. The lowest BCUT2D eigenvalue weighted by molar-refractivity contribution is -0.0112. The fraction of sp³-hybridized carbons (Fsp3) is 0.455. The van der Waals surface area contributed by atoms with Crippen LogP contribution in [0, 0.1) is 0 Å². The van der Waals surface area contributed by atoms with Crippen molar-refractivity contribution in [3.63, 3.8) is 0 Å². The minimum Gasteiger partial charge on any atom is -0.476 e. The second kappa shape index (κ2) is 6.83. The van der Waals surface area contributed by atoms with E-state index in [-0.39, 0.29) is 18.6 Å². The molecule has 0 saturated heterocycles. The molecule has 1 rings (SSSR count). The van der Waals surface area contributed by atoms with Crippen LogP contribution in [0.3, 0.4) is 0 Å². The van der Waals surface area contributed by atoms with Gasteiger partial charge in [0.15, 0.2) is 17.6 Å². The summed E-state index contributed by atoms with van der Waals surface area (Å²) in [6.07, 6.45) is -3.62. The van der Waals surface area contributed by atoms with Gasteiger partial charge in [0.2, 0.25) is 0 Å². The summed E-state index contributed by atoms with van der Waals surface area (Å²) < 4.78 is 42.8. The molecule has 18 heavy (non-hydrogen) atoms. The van der Waals surface area contributed by atoms with E-state index in [4.69, 9.17) is 5.11 Å². The largest absolute Gasteiger partial charge is 0.476 e. The number of hydrogen-bond donors (Lipinski definition) is 1. The zero-order valence-electron chi connectivity index (χ0n) is 9.35. The van der Waals surface area contributed by atoms with Crippen LogP contribution < -0.4 is 4.74 Å². The maximum absolute atomic E-state index is 13.3. The van der Waals surface area contributed by atoms with Gasteiger partial charge in [0.05, 0.1) is 6.67 Å². The van der Waals surface area contributed by atoms with Crippen LogP contribution in [0.1, 0.15) is 23.3 Å². The summed E-state index contributed by atoms with van der Waals surface area (Å²) in [5, 5.41) is 8.75. The monoisotopic (exact) mass is 263 g/mol. The van der Waals surface area contributed by atoms with Gasteiger partial charge in [0.25, 0.3) is 6.36 Å². The highest BCUT2D eigenvalue weighted by Gasteiger charge is 2.24. The topological polar surface area (TPSA) is 59.4 Å². The van der Waals surface area contributed by atoms with E-state index in [1.165, 1.54) is 18.3 Å². The van der Waals surface area contributed by atoms with Gasteiger partial charge in [-0.1, -0.05) is 0 Å². The Morgan fingerprint density at radius 2 is 2.22 bits per heavy atom. The average molecular weight is 263 g/mol. The number of aromatic carboxylic acids is 1. The number of carbonyl (C=O) groups is 1. The van der Waals surface area contributed by atoms with E-state index < -0.39 is 30.9 Å². The van der Waals surface area contributed by atoms with Gasteiger partial charge in [0, 0.05) is 6.20 Å². The van der Waals surface area contributed by atoms with Crippen molar-refractivity contribution < 1.29 is 27.8 Å². The van der Waals surface area contributed by atoms with Gasteiger partial charge in [0.1, 0.15) is 0 Å². The third kappa shape index (κ3) is 3.90.